The fourth-order valence-corrected chi connectivity index (χ4v) is 2.92. The van der Waals surface area contributed by atoms with Gasteiger partial charge in [-0.2, -0.15) is 0 Å². The van der Waals surface area contributed by atoms with Crippen LogP contribution in [0.1, 0.15) is 35.1 Å². The molecular weight excluding hydrogens is 277 g/mol. The van der Waals surface area contributed by atoms with Crippen molar-refractivity contribution in [1.29, 1.82) is 0 Å². The minimum absolute atomic E-state index is 0.0402. The summed E-state index contributed by atoms with van der Waals surface area (Å²) in [7, 11) is 0. The Balaban J connectivity index is 2.33. The van der Waals surface area contributed by atoms with E-state index in [1.807, 2.05) is 6.92 Å². The molecule has 0 aliphatic carbocycles. The van der Waals surface area contributed by atoms with Crippen LogP contribution in [0.4, 0.5) is 4.39 Å². The molecule has 22 heavy (non-hydrogen) atoms. The van der Waals surface area contributed by atoms with Crippen molar-refractivity contribution in [3.8, 4) is 5.75 Å². The first-order valence-corrected chi connectivity index (χ1v) is 7.73. The van der Waals surface area contributed by atoms with Crippen molar-refractivity contribution < 1.29 is 9.13 Å². The zero-order chi connectivity index (χ0) is 16.1. The van der Waals surface area contributed by atoms with Crippen LogP contribution in [0, 0.1) is 19.7 Å². The minimum atomic E-state index is -0.252. The van der Waals surface area contributed by atoms with Gasteiger partial charge in [-0.05, 0) is 57.5 Å². The number of ether oxygens (including phenoxy) is 1. The van der Waals surface area contributed by atoms with Crippen LogP contribution in [0.2, 0.25) is 0 Å². The molecule has 0 aliphatic rings. The fourth-order valence-electron chi connectivity index (χ4n) is 2.92. The molecule has 2 aromatic rings. The summed E-state index contributed by atoms with van der Waals surface area (Å²) in [5.41, 5.74) is 10.5. The van der Waals surface area contributed by atoms with E-state index in [0.29, 0.717) is 13.2 Å². The van der Waals surface area contributed by atoms with Crippen molar-refractivity contribution in [1.82, 2.24) is 0 Å². The van der Waals surface area contributed by atoms with Gasteiger partial charge in [0.25, 0.3) is 0 Å². The van der Waals surface area contributed by atoms with Gasteiger partial charge >= 0.3 is 0 Å². The monoisotopic (exact) mass is 301 g/mol. The maximum Gasteiger partial charge on any atom is 0.123 e. The standard InChI is InChI=1S/C19H24FNO/c1-4-22-19-6-5-17(20)11-18(19)16(12-21)10-15-8-13(2)7-14(3)9-15/h5-9,11,16H,4,10,12,21H2,1-3H3. The molecule has 0 heterocycles. The first-order chi connectivity index (χ1) is 10.5. The molecule has 2 nitrogen and oxygen atoms in total. The van der Waals surface area contributed by atoms with Gasteiger partial charge in [-0.3, -0.25) is 0 Å². The Labute approximate surface area is 132 Å². The summed E-state index contributed by atoms with van der Waals surface area (Å²) in [5, 5.41) is 0. The maximum absolute atomic E-state index is 13.7. The van der Waals surface area contributed by atoms with E-state index < -0.39 is 0 Å². The van der Waals surface area contributed by atoms with Crippen molar-refractivity contribution in [2.45, 2.75) is 33.1 Å². The zero-order valence-corrected chi connectivity index (χ0v) is 13.5. The number of hydrogen-bond donors (Lipinski definition) is 1. The lowest BCUT2D eigenvalue weighted by atomic mass is 9.90. The lowest BCUT2D eigenvalue weighted by Gasteiger charge is -2.20. The third-order valence-corrected chi connectivity index (χ3v) is 3.76. The summed E-state index contributed by atoms with van der Waals surface area (Å²) in [6, 6.07) is 11.1. The Morgan fingerprint density at radius 1 is 1.09 bits per heavy atom. The smallest absolute Gasteiger partial charge is 0.123 e. The van der Waals surface area contributed by atoms with Crippen LogP contribution in [0.5, 0.6) is 5.75 Å². The Hall–Kier alpha value is -1.87. The Bertz CT molecular complexity index is 619. The second-order valence-corrected chi connectivity index (χ2v) is 5.75. The lowest BCUT2D eigenvalue weighted by Crippen LogP contribution is -2.16. The van der Waals surface area contributed by atoms with E-state index in [0.717, 1.165) is 17.7 Å². The summed E-state index contributed by atoms with van der Waals surface area (Å²) >= 11 is 0. The van der Waals surface area contributed by atoms with Crippen molar-refractivity contribution in [3.63, 3.8) is 0 Å². The minimum Gasteiger partial charge on any atom is -0.494 e. The summed E-state index contributed by atoms with van der Waals surface area (Å²) in [6.45, 7) is 7.11. The van der Waals surface area contributed by atoms with Gasteiger partial charge in [0.2, 0.25) is 0 Å². The first kappa shape index (κ1) is 16.5. The molecule has 1 atom stereocenters. The van der Waals surface area contributed by atoms with E-state index in [-0.39, 0.29) is 11.7 Å². The first-order valence-electron chi connectivity index (χ1n) is 7.73. The predicted octanol–water partition coefficient (Wildman–Crippen LogP) is 4.13. The largest absolute Gasteiger partial charge is 0.494 e. The van der Waals surface area contributed by atoms with Gasteiger partial charge in [0.1, 0.15) is 11.6 Å². The van der Waals surface area contributed by atoms with Crippen molar-refractivity contribution >= 4 is 0 Å². The molecule has 0 radical (unpaired) electrons. The summed E-state index contributed by atoms with van der Waals surface area (Å²) < 4.78 is 19.3. The molecule has 0 saturated carbocycles. The van der Waals surface area contributed by atoms with E-state index in [2.05, 4.69) is 32.0 Å². The molecule has 0 amide bonds. The molecule has 118 valence electrons. The molecule has 0 bridgehead atoms. The van der Waals surface area contributed by atoms with Crippen LogP contribution in [0.25, 0.3) is 0 Å². The molecule has 2 rings (SSSR count). The van der Waals surface area contributed by atoms with Crippen LogP contribution in [-0.4, -0.2) is 13.2 Å². The van der Waals surface area contributed by atoms with Crippen molar-refractivity contribution in [3.05, 3.63) is 64.5 Å². The van der Waals surface area contributed by atoms with Gasteiger partial charge in [0.05, 0.1) is 6.61 Å². The van der Waals surface area contributed by atoms with Crippen molar-refractivity contribution in [2.75, 3.05) is 13.2 Å². The molecule has 0 spiro atoms. The second-order valence-electron chi connectivity index (χ2n) is 5.75. The molecule has 1 unspecified atom stereocenters. The Kier molecular flexibility index (Phi) is 5.56. The SMILES string of the molecule is CCOc1ccc(F)cc1C(CN)Cc1cc(C)cc(C)c1. The second kappa shape index (κ2) is 7.41. The third-order valence-electron chi connectivity index (χ3n) is 3.76. The Morgan fingerprint density at radius 3 is 2.36 bits per heavy atom. The topological polar surface area (TPSA) is 35.2 Å². The molecule has 0 fully saturated rings. The van der Waals surface area contributed by atoms with Gasteiger partial charge in [-0.15, -0.1) is 0 Å². The van der Waals surface area contributed by atoms with Gasteiger partial charge in [-0.1, -0.05) is 29.3 Å². The molecule has 3 heteroatoms. The van der Waals surface area contributed by atoms with Gasteiger partial charge in [0, 0.05) is 11.5 Å². The highest BCUT2D eigenvalue weighted by Gasteiger charge is 2.17. The molecular formula is C19H24FNO. The normalized spacial score (nSPS) is 12.2. The van der Waals surface area contributed by atoms with Gasteiger partial charge in [0.15, 0.2) is 0 Å². The number of aryl methyl sites for hydroxylation is 2. The average molecular weight is 301 g/mol. The van der Waals surface area contributed by atoms with Crippen LogP contribution >= 0.6 is 0 Å². The quantitative estimate of drug-likeness (QED) is 0.871. The van der Waals surface area contributed by atoms with E-state index in [4.69, 9.17) is 10.5 Å². The third kappa shape index (κ3) is 4.08. The highest BCUT2D eigenvalue weighted by atomic mass is 19.1. The molecule has 2 aromatic carbocycles. The summed E-state index contributed by atoms with van der Waals surface area (Å²) in [5.74, 6) is 0.513. The predicted molar refractivity (Wildman–Crippen MR) is 89.0 cm³/mol. The lowest BCUT2D eigenvalue weighted by molar-refractivity contribution is 0.333. The Morgan fingerprint density at radius 2 is 1.77 bits per heavy atom. The van der Waals surface area contributed by atoms with Crippen molar-refractivity contribution in [2.24, 2.45) is 5.73 Å². The summed E-state index contributed by atoms with van der Waals surface area (Å²) in [6.07, 6.45) is 0.780. The zero-order valence-electron chi connectivity index (χ0n) is 13.5. The molecule has 0 aromatic heterocycles. The molecule has 0 saturated heterocycles. The fraction of sp³-hybridized carbons (Fsp3) is 0.368. The average Bonchev–Trinajstić information content (AvgIpc) is 2.46. The molecule has 0 aliphatic heterocycles. The highest BCUT2D eigenvalue weighted by molar-refractivity contribution is 5.39. The highest BCUT2D eigenvalue weighted by Crippen LogP contribution is 2.30. The maximum atomic E-state index is 13.7. The number of benzene rings is 2. The van der Waals surface area contributed by atoms with Crippen LogP contribution < -0.4 is 10.5 Å². The summed E-state index contributed by atoms with van der Waals surface area (Å²) in [4.78, 5) is 0. The molecule has 2 N–H and O–H groups in total. The van der Waals surface area contributed by atoms with E-state index in [9.17, 15) is 4.39 Å². The van der Waals surface area contributed by atoms with Crippen LogP contribution in [-0.2, 0) is 6.42 Å². The number of hydrogen-bond acceptors (Lipinski definition) is 2. The van der Waals surface area contributed by atoms with Crippen LogP contribution in [0.3, 0.4) is 0 Å². The number of rotatable bonds is 6. The van der Waals surface area contributed by atoms with Gasteiger partial charge in [-0.25, -0.2) is 4.39 Å². The number of halogens is 1. The van der Waals surface area contributed by atoms with Gasteiger partial charge < -0.3 is 10.5 Å². The van der Waals surface area contributed by atoms with E-state index >= 15 is 0 Å². The van der Waals surface area contributed by atoms with Crippen LogP contribution in [0.15, 0.2) is 36.4 Å². The van der Waals surface area contributed by atoms with E-state index in [1.165, 1.54) is 22.8 Å². The number of nitrogens with two attached hydrogens (primary N) is 1. The van der Waals surface area contributed by atoms with E-state index in [1.54, 1.807) is 12.1 Å².